The Kier molecular flexibility index (Phi) is 11.4. The number of aromatic amines is 3. The van der Waals surface area contributed by atoms with E-state index in [9.17, 15) is 29.7 Å². The van der Waals surface area contributed by atoms with Crippen molar-refractivity contribution in [2.45, 2.75) is 57.5 Å². The molecule has 0 atom stereocenters. The third-order valence-electron chi connectivity index (χ3n) is 13.1. The van der Waals surface area contributed by atoms with Crippen molar-refractivity contribution in [2.24, 2.45) is 0 Å². The number of nitrogens with one attached hydrogen (secondary N) is 5. The number of hydrogen-bond donors (Lipinski definition) is 8. The van der Waals surface area contributed by atoms with Gasteiger partial charge in [-0.25, -0.2) is 9.18 Å². The Bertz CT molecular complexity index is 3370. The van der Waals surface area contributed by atoms with Crippen LogP contribution in [0.4, 0.5) is 4.39 Å². The van der Waals surface area contributed by atoms with E-state index in [1.807, 2.05) is 32.0 Å². The van der Waals surface area contributed by atoms with Gasteiger partial charge in [-0.05, 0) is 103 Å². The van der Waals surface area contributed by atoms with E-state index in [4.69, 9.17) is 21.1 Å². The molecule has 10 rings (SSSR count). The number of phenolic OH excluding ortho intramolecular Hbond substituents is 2. The second-order valence-electron chi connectivity index (χ2n) is 17.8. The number of phenols is 2. The number of halogens is 2. The molecular weight excluding hydrogens is 901 g/mol. The lowest BCUT2D eigenvalue weighted by molar-refractivity contribution is -0.121. The van der Waals surface area contributed by atoms with E-state index in [1.54, 1.807) is 54.9 Å². The molecule has 69 heavy (non-hydrogen) atoms. The van der Waals surface area contributed by atoms with Crippen molar-refractivity contribution in [1.29, 1.82) is 0 Å². The molecule has 350 valence electrons. The quantitative estimate of drug-likeness (QED) is 0.0492. The number of carbonyl (C=O) groups excluding carboxylic acids is 2. The van der Waals surface area contributed by atoms with Crippen LogP contribution in [0.15, 0.2) is 104 Å². The molecule has 5 heterocycles. The Balaban J connectivity index is 0.765. The average Bonchev–Trinajstić information content (AvgIpc) is 4.11. The van der Waals surface area contributed by atoms with Crippen LogP contribution in [-0.2, 0) is 21.6 Å². The number of carboxylic acid groups (broad SMARTS) is 1. The number of rotatable bonds is 14. The standard InChI is InChI=1S/C54H47ClFN5O8/c1-27(2)46-49(48-34-17-20-57-41(34)15-14-40(48)55)51(53(66)67)61-50(46)36-22-31(56)23-42-47(36)30(26-60-42)16-19-58-45(64)7-5-4-6-18-59-52(65)29-8-11-37-35(21-29)28(3)69-54(37)38-12-9-32(62)24-43(38)68-44-25-33(63)10-13-39(44)54/h8-15,17,20-27,57,60-63H,3-7,16,18-19H2,1-2H3,(H,58,64)(H,59,65)(H,66,67). The number of ether oxygens (including phenoxy) is 2. The third-order valence-corrected chi connectivity index (χ3v) is 13.4. The summed E-state index contributed by atoms with van der Waals surface area (Å²) in [5.74, 6) is -1.15. The maximum absolute atomic E-state index is 15.3. The molecule has 0 bridgehead atoms. The molecule has 0 aliphatic carbocycles. The minimum absolute atomic E-state index is 0.00678. The van der Waals surface area contributed by atoms with Crippen molar-refractivity contribution in [2.75, 3.05) is 13.1 Å². The van der Waals surface area contributed by atoms with Crippen molar-refractivity contribution >= 4 is 56.9 Å². The van der Waals surface area contributed by atoms with Crippen LogP contribution >= 0.6 is 11.6 Å². The van der Waals surface area contributed by atoms with E-state index in [0.717, 1.165) is 22.0 Å². The van der Waals surface area contributed by atoms with Gasteiger partial charge in [-0.2, -0.15) is 0 Å². The van der Waals surface area contributed by atoms with Gasteiger partial charge in [-0.3, -0.25) is 9.59 Å². The molecule has 0 saturated carbocycles. The molecule has 15 heteroatoms. The predicted molar refractivity (Wildman–Crippen MR) is 262 cm³/mol. The lowest BCUT2D eigenvalue weighted by atomic mass is 9.77. The monoisotopic (exact) mass is 947 g/mol. The lowest BCUT2D eigenvalue weighted by Crippen LogP contribution is -2.32. The summed E-state index contributed by atoms with van der Waals surface area (Å²) in [6.07, 6.45) is 6.24. The maximum atomic E-state index is 15.3. The number of H-pyrrole nitrogens is 3. The van der Waals surface area contributed by atoms with Gasteiger partial charge in [-0.15, -0.1) is 0 Å². The molecule has 13 nitrogen and oxygen atoms in total. The second-order valence-corrected chi connectivity index (χ2v) is 18.2. The number of aromatic carboxylic acids is 1. The van der Waals surface area contributed by atoms with E-state index in [2.05, 4.69) is 32.2 Å². The van der Waals surface area contributed by atoms with Crippen molar-refractivity contribution in [1.82, 2.24) is 25.6 Å². The minimum Gasteiger partial charge on any atom is -0.508 e. The predicted octanol–water partition coefficient (Wildman–Crippen LogP) is 11.4. The summed E-state index contributed by atoms with van der Waals surface area (Å²) in [7, 11) is 0. The van der Waals surface area contributed by atoms with Gasteiger partial charge in [0.15, 0.2) is 5.60 Å². The Hall–Kier alpha value is -7.97. The SMILES string of the molecule is C=C1OC2(c3ccc(O)cc3Oc3cc(O)ccc32)c2ccc(C(=O)NCCCCCC(=O)NCCc3c[nH]c4cc(F)cc(-c5[nH]c(C(=O)O)c(-c6c(Cl)ccc7[nH]ccc67)c5C(C)C)c34)cc21. The number of carbonyl (C=O) groups is 3. The molecule has 0 radical (unpaired) electrons. The number of hydrogen-bond acceptors (Lipinski definition) is 7. The van der Waals surface area contributed by atoms with Crippen LogP contribution in [-0.4, -0.2) is 61.1 Å². The highest BCUT2D eigenvalue weighted by Crippen LogP contribution is 2.59. The number of fused-ring (bicyclic) bond motifs is 8. The van der Waals surface area contributed by atoms with E-state index >= 15 is 4.39 Å². The minimum atomic E-state index is -1.19. The molecule has 2 aliphatic heterocycles. The van der Waals surface area contributed by atoms with Gasteiger partial charge in [0.05, 0.1) is 5.69 Å². The number of benzene rings is 5. The van der Waals surface area contributed by atoms with E-state index in [1.165, 1.54) is 24.3 Å². The largest absolute Gasteiger partial charge is 0.508 e. The van der Waals surface area contributed by atoms with Crippen LogP contribution in [0, 0.1) is 5.82 Å². The summed E-state index contributed by atoms with van der Waals surface area (Å²) < 4.78 is 28.0. The topological polar surface area (TPSA) is 202 Å². The molecule has 0 saturated heterocycles. The van der Waals surface area contributed by atoms with E-state index < -0.39 is 17.4 Å². The van der Waals surface area contributed by atoms with Gasteiger partial charge in [-0.1, -0.05) is 44.5 Å². The van der Waals surface area contributed by atoms with Crippen LogP contribution in [0.5, 0.6) is 23.0 Å². The Morgan fingerprint density at radius 3 is 2.28 bits per heavy atom. The first-order chi connectivity index (χ1) is 33.2. The van der Waals surface area contributed by atoms with Crippen molar-refractivity contribution in [3.8, 4) is 45.4 Å². The molecule has 8 N–H and O–H groups in total. The highest BCUT2D eigenvalue weighted by molar-refractivity contribution is 6.35. The summed E-state index contributed by atoms with van der Waals surface area (Å²) in [5, 5.41) is 38.8. The van der Waals surface area contributed by atoms with Gasteiger partial charge in [0, 0.05) is 115 Å². The Labute approximate surface area is 400 Å². The van der Waals surface area contributed by atoms with Gasteiger partial charge >= 0.3 is 5.97 Å². The molecule has 2 amide bonds. The van der Waals surface area contributed by atoms with Crippen LogP contribution in [0.3, 0.4) is 0 Å². The molecule has 0 fully saturated rings. The number of unbranched alkanes of at least 4 members (excludes halogenated alkanes) is 2. The van der Waals surface area contributed by atoms with Gasteiger partial charge in [0.1, 0.15) is 40.3 Å². The van der Waals surface area contributed by atoms with Gasteiger partial charge < -0.3 is 50.4 Å². The highest BCUT2D eigenvalue weighted by Gasteiger charge is 2.52. The molecule has 3 aromatic heterocycles. The van der Waals surface area contributed by atoms with Crippen LogP contribution in [0.2, 0.25) is 5.02 Å². The Morgan fingerprint density at radius 2 is 1.55 bits per heavy atom. The smallest absolute Gasteiger partial charge is 0.352 e. The fraction of sp³-hybridized carbons (Fsp3) is 0.204. The summed E-state index contributed by atoms with van der Waals surface area (Å²) in [6.45, 7) is 8.80. The van der Waals surface area contributed by atoms with Crippen LogP contribution in [0.1, 0.15) is 99.7 Å². The average molecular weight is 948 g/mol. The first kappa shape index (κ1) is 44.8. The number of aromatic nitrogens is 3. The summed E-state index contributed by atoms with van der Waals surface area (Å²) in [6, 6.07) is 23.1. The summed E-state index contributed by atoms with van der Waals surface area (Å²) in [5.41, 5.74) is 6.69. The zero-order valence-electron chi connectivity index (χ0n) is 37.6. The zero-order valence-corrected chi connectivity index (χ0v) is 38.4. The molecule has 1 spiro atoms. The van der Waals surface area contributed by atoms with E-state index in [0.29, 0.717) is 129 Å². The zero-order chi connectivity index (χ0) is 48.3. The van der Waals surface area contributed by atoms with Crippen molar-refractivity contribution in [3.05, 3.63) is 159 Å². The first-order valence-corrected chi connectivity index (χ1v) is 23.1. The lowest BCUT2D eigenvalue weighted by Gasteiger charge is -2.37. The van der Waals surface area contributed by atoms with Crippen LogP contribution in [0.25, 0.3) is 49.9 Å². The number of carboxylic acids is 1. The second kappa shape index (κ2) is 17.6. The molecular formula is C54H47ClFN5O8. The Morgan fingerprint density at radius 1 is 0.812 bits per heavy atom. The third kappa shape index (κ3) is 7.80. The van der Waals surface area contributed by atoms with Gasteiger partial charge in [0.25, 0.3) is 5.91 Å². The fourth-order valence-corrected chi connectivity index (χ4v) is 10.3. The molecule has 5 aromatic carbocycles. The molecule has 2 aliphatic rings. The number of amides is 2. The van der Waals surface area contributed by atoms with E-state index in [-0.39, 0.29) is 34.9 Å². The van der Waals surface area contributed by atoms with Crippen molar-refractivity contribution in [3.63, 3.8) is 0 Å². The summed E-state index contributed by atoms with van der Waals surface area (Å²) >= 11 is 6.81. The molecule has 8 aromatic rings. The molecule has 0 unspecified atom stereocenters. The first-order valence-electron chi connectivity index (χ1n) is 22.7. The van der Waals surface area contributed by atoms with Gasteiger partial charge in [0.2, 0.25) is 5.91 Å². The highest BCUT2D eigenvalue weighted by atomic mass is 35.5. The normalized spacial score (nSPS) is 13.3. The summed E-state index contributed by atoms with van der Waals surface area (Å²) in [4.78, 5) is 48.7. The fourth-order valence-electron chi connectivity index (χ4n) is 10.1. The van der Waals surface area contributed by atoms with Crippen molar-refractivity contribution < 1.29 is 43.6 Å². The van der Waals surface area contributed by atoms with Crippen LogP contribution < -0.4 is 15.4 Å². The number of aromatic hydroxyl groups is 2. The maximum Gasteiger partial charge on any atom is 0.352 e.